The second kappa shape index (κ2) is 16.3. The van der Waals surface area contributed by atoms with E-state index in [1.165, 1.54) is 34.1 Å². The zero-order valence-electron chi connectivity index (χ0n) is 29.0. The van der Waals surface area contributed by atoms with Crippen LogP contribution in [0.3, 0.4) is 0 Å². The average Bonchev–Trinajstić information content (AvgIpc) is 3.42. The largest absolute Gasteiger partial charge is 0.494 e. The normalized spacial score (nSPS) is 14.0. The van der Waals surface area contributed by atoms with Gasteiger partial charge in [0.05, 0.1) is 40.0 Å². The molecule has 0 aliphatic carbocycles. The van der Waals surface area contributed by atoms with E-state index in [9.17, 15) is 24.5 Å². The van der Waals surface area contributed by atoms with E-state index in [4.69, 9.17) is 14.2 Å². The first-order valence-electron chi connectivity index (χ1n) is 16.6. The van der Waals surface area contributed by atoms with Gasteiger partial charge >= 0.3 is 5.97 Å². The Balaban J connectivity index is 1.56. The molecule has 2 heterocycles. The summed E-state index contributed by atoms with van der Waals surface area (Å²) < 4.78 is 18.9. The Kier molecular flexibility index (Phi) is 11.7. The van der Waals surface area contributed by atoms with Crippen LogP contribution in [0.2, 0.25) is 0 Å². The Hall–Kier alpha value is -5.76. The maximum atomic E-state index is 14.2. The Bertz CT molecular complexity index is 2150. The molecule has 1 N–H and O–H groups in total. The number of rotatable bonds is 14. The number of anilines is 2. The number of thiazole rings is 1. The summed E-state index contributed by atoms with van der Waals surface area (Å²) in [6, 6.07) is 17.6. The average molecular weight is 714 g/mol. The van der Waals surface area contributed by atoms with Crippen molar-refractivity contribution in [3.05, 3.63) is 119 Å². The van der Waals surface area contributed by atoms with Crippen LogP contribution in [0.1, 0.15) is 51.8 Å². The van der Waals surface area contributed by atoms with Crippen LogP contribution in [0.15, 0.2) is 87.8 Å². The number of ether oxygens (including phenoxy) is 3. The van der Waals surface area contributed by atoms with Crippen molar-refractivity contribution in [2.45, 2.75) is 40.7 Å². The van der Waals surface area contributed by atoms with Gasteiger partial charge in [-0.25, -0.2) is 9.79 Å². The fraction of sp³-hybridized carbons (Fsp3) is 0.297. The number of nitro groups is 1. The van der Waals surface area contributed by atoms with Crippen LogP contribution in [0.25, 0.3) is 6.08 Å². The number of nitrogens with zero attached hydrogens (tertiary/aromatic N) is 4. The Labute approximate surface area is 298 Å². The molecule has 1 aromatic heterocycles. The second-order valence-corrected chi connectivity index (χ2v) is 12.4. The molecule has 3 aromatic carbocycles. The van der Waals surface area contributed by atoms with Gasteiger partial charge < -0.3 is 24.4 Å². The fourth-order valence-electron chi connectivity index (χ4n) is 5.75. The standard InChI is InChI=1S/C37H39N5O8S/c1-6-40(7-2)27-16-13-25(30(21-27)50-22-32(43)39-26-11-10-12-28(20-26)42(46)47)19-31-35(44)41-34(24-14-17-29(18-15-24)48-8-3)33(36(45)49-9-4)23(5)38-37(41)51-31/h10-21,34H,6-9,22H2,1-5H3,(H,39,43)/b31-19-/t34-/m1/s1. The molecule has 0 saturated heterocycles. The van der Waals surface area contributed by atoms with Crippen molar-refractivity contribution in [2.24, 2.45) is 4.99 Å². The van der Waals surface area contributed by atoms with E-state index >= 15 is 0 Å². The monoisotopic (exact) mass is 713 g/mol. The van der Waals surface area contributed by atoms with Gasteiger partial charge in [-0.1, -0.05) is 29.5 Å². The van der Waals surface area contributed by atoms with Crippen molar-refractivity contribution < 1.29 is 28.7 Å². The highest BCUT2D eigenvalue weighted by Gasteiger charge is 2.33. The highest BCUT2D eigenvalue weighted by Crippen LogP contribution is 2.32. The third-order valence-corrected chi connectivity index (χ3v) is 9.12. The van der Waals surface area contributed by atoms with Crippen LogP contribution in [0, 0.1) is 10.1 Å². The molecule has 0 saturated carbocycles. The number of amides is 1. The van der Waals surface area contributed by atoms with Gasteiger partial charge in [0, 0.05) is 48.2 Å². The molecule has 51 heavy (non-hydrogen) atoms. The number of hydrogen-bond acceptors (Lipinski definition) is 11. The lowest BCUT2D eigenvalue weighted by molar-refractivity contribution is -0.384. The third-order valence-electron chi connectivity index (χ3n) is 8.14. The SMILES string of the molecule is CCOC(=O)C1=C(C)N=c2s/c(=C\c3ccc(N(CC)CC)cc3OCC(=O)Nc3cccc([N+](=O)[O-])c3)c(=O)n2[C@@H]1c1ccc(OCC)cc1. The number of fused-ring (bicyclic) bond motifs is 1. The molecule has 0 unspecified atom stereocenters. The molecule has 4 aromatic rings. The smallest absolute Gasteiger partial charge is 0.338 e. The van der Waals surface area contributed by atoms with Crippen molar-refractivity contribution in [1.29, 1.82) is 0 Å². The predicted octanol–water partition coefficient (Wildman–Crippen LogP) is 4.97. The van der Waals surface area contributed by atoms with Crippen LogP contribution in [-0.4, -0.2) is 54.3 Å². The van der Waals surface area contributed by atoms with E-state index in [0.29, 0.717) is 44.3 Å². The number of benzene rings is 3. The molecule has 0 fully saturated rings. The van der Waals surface area contributed by atoms with Gasteiger partial charge in [0.1, 0.15) is 11.5 Å². The van der Waals surface area contributed by atoms with Gasteiger partial charge in [0.15, 0.2) is 11.4 Å². The van der Waals surface area contributed by atoms with E-state index in [2.05, 4.69) is 15.2 Å². The topological polar surface area (TPSA) is 155 Å². The lowest BCUT2D eigenvalue weighted by atomic mass is 9.96. The first-order chi connectivity index (χ1) is 24.6. The van der Waals surface area contributed by atoms with Gasteiger partial charge in [0.2, 0.25) is 0 Å². The Morgan fingerprint density at radius 2 is 1.76 bits per heavy atom. The van der Waals surface area contributed by atoms with E-state index in [1.54, 1.807) is 38.1 Å². The van der Waals surface area contributed by atoms with Crippen molar-refractivity contribution in [2.75, 3.05) is 43.1 Å². The first kappa shape index (κ1) is 36.5. The minimum Gasteiger partial charge on any atom is -0.494 e. The molecule has 13 nitrogen and oxygen atoms in total. The summed E-state index contributed by atoms with van der Waals surface area (Å²) in [6.45, 7) is 11.1. The van der Waals surface area contributed by atoms with Gasteiger partial charge in [-0.2, -0.15) is 0 Å². The molecule has 1 atom stereocenters. The van der Waals surface area contributed by atoms with Crippen LogP contribution >= 0.6 is 11.3 Å². The van der Waals surface area contributed by atoms with Crippen molar-refractivity contribution in [1.82, 2.24) is 4.57 Å². The molecule has 266 valence electrons. The van der Waals surface area contributed by atoms with Crippen molar-refractivity contribution >= 4 is 46.4 Å². The fourth-order valence-corrected chi connectivity index (χ4v) is 6.79. The molecule has 1 amide bonds. The third kappa shape index (κ3) is 8.18. The number of esters is 1. The predicted molar refractivity (Wildman–Crippen MR) is 195 cm³/mol. The summed E-state index contributed by atoms with van der Waals surface area (Å²) in [5, 5.41) is 13.8. The minimum atomic E-state index is -0.795. The molecule has 0 spiro atoms. The molecule has 14 heteroatoms. The molecular formula is C37H39N5O8S. The summed E-state index contributed by atoms with van der Waals surface area (Å²) in [6.07, 6.45) is 1.68. The number of carbonyl (C=O) groups is 2. The quantitative estimate of drug-likeness (QED) is 0.108. The molecule has 0 bridgehead atoms. The number of non-ortho nitro benzene ring substituents is 1. The van der Waals surface area contributed by atoms with Crippen LogP contribution in [0.4, 0.5) is 17.1 Å². The molecular weight excluding hydrogens is 675 g/mol. The van der Waals surface area contributed by atoms with Crippen LogP contribution in [-0.2, 0) is 14.3 Å². The summed E-state index contributed by atoms with van der Waals surface area (Å²) in [5.41, 5.74) is 2.54. The number of allylic oxidation sites excluding steroid dienone is 1. The van der Waals surface area contributed by atoms with Crippen LogP contribution < -0.4 is 34.6 Å². The summed E-state index contributed by atoms with van der Waals surface area (Å²) >= 11 is 1.17. The summed E-state index contributed by atoms with van der Waals surface area (Å²) in [5.74, 6) is -0.0678. The van der Waals surface area contributed by atoms with Crippen LogP contribution in [0.5, 0.6) is 11.5 Å². The van der Waals surface area contributed by atoms with E-state index in [1.807, 2.05) is 51.1 Å². The van der Waals surface area contributed by atoms with Gasteiger partial charge in [-0.3, -0.25) is 24.3 Å². The van der Waals surface area contributed by atoms with Gasteiger partial charge in [-0.15, -0.1) is 0 Å². The maximum Gasteiger partial charge on any atom is 0.338 e. The highest BCUT2D eigenvalue weighted by atomic mass is 32.1. The lowest BCUT2D eigenvalue weighted by Crippen LogP contribution is -2.39. The van der Waals surface area contributed by atoms with E-state index < -0.39 is 29.4 Å². The summed E-state index contributed by atoms with van der Waals surface area (Å²) in [7, 11) is 0. The minimum absolute atomic E-state index is 0.154. The van der Waals surface area contributed by atoms with Gasteiger partial charge in [0.25, 0.3) is 17.2 Å². The van der Waals surface area contributed by atoms with Crippen molar-refractivity contribution in [3.8, 4) is 11.5 Å². The lowest BCUT2D eigenvalue weighted by Gasteiger charge is -2.24. The molecule has 1 aliphatic rings. The second-order valence-electron chi connectivity index (χ2n) is 11.3. The van der Waals surface area contributed by atoms with E-state index in [-0.39, 0.29) is 29.1 Å². The van der Waals surface area contributed by atoms with E-state index in [0.717, 1.165) is 18.8 Å². The number of aromatic nitrogens is 1. The molecule has 1 aliphatic heterocycles. The zero-order valence-corrected chi connectivity index (χ0v) is 29.8. The van der Waals surface area contributed by atoms with Crippen molar-refractivity contribution in [3.63, 3.8) is 0 Å². The number of nitrogens with one attached hydrogen (secondary N) is 1. The maximum absolute atomic E-state index is 14.2. The summed E-state index contributed by atoms with van der Waals surface area (Å²) in [4.78, 5) is 58.3. The molecule has 5 rings (SSSR count). The Morgan fingerprint density at radius 3 is 2.43 bits per heavy atom. The zero-order chi connectivity index (χ0) is 36.7. The Morgan fingerprint density at radius 1 is 1.02 bits per heavy atom. The number of carbonyl (C=O) groups excluding carboxylic acids is 2. The first-order valence-corrected chi connectivity index (χ1v) is 17.4. The number of hydrogen-bond donors (Lipinski definition) is 1. The molecule has 0 radical (unpaired) electrons. The highest BCUT2D eigenvalue weighted by molar-refractivity contribution is 7.07. The van der Waals surface area contributed by atoms with Gasteiger partial charge in [-0.05, 0) is 76.6 Å². The number of nitro benzene ring substituents is 1.